The van der Waals surface area contributed by atoms with Crippen LogP contribution >= 0.6 is 0 Å². The molecule has 7 nitrogen and oxygen atoms in total. The standard InChI is InChI=1S/C19H28N4O3/c1-14-2-4-15(5-3-14)18(20)19(25)21-16-12-17(24)23(13-16)7-6-22-8-10-26-11-9-22/h2-5,16,18H,6-13,20H2,1H3,(H,21,25). The highest BCUT2D eigenvalue weighted by Crippen LogP contribution is 2.15. The fourth-order valence-electron chi connectivity index (χ4n) is 3.39. The molecule has 2 heterocycles. The molecule has 0 saturated carbocycles. The normalized spacial score (nSPS) is 22.5. The predicted octanol–water partition coefficient (Wildman–Crippen LogP) is 0.0441. The van der Waals surface area contributed by atoms with Gasteiger partial charge in [-0.1, -0.05) is 29.8 Å². The van der Waals surface area contributed by atoms with Crippen LogP contribution in [0.3, 0.4) is 0 Å². The van der Waals surface area contributed by atoms with Gasteiger partial charge in [-0.3, -0.25) is 14.5 Å². The van der Waals surface area contributed by atoms with Gasteiger partial charge in [0.1, 0.15) is 6.04 Å². The topological polar surface area (TPSA) is 87.9 Å². The number of benzene rings is 1. The Morgan fingerprint density at radius 3 is 2.65 bits per heavy atom. The summed E-state index contributed by atoms with van der Waals surface area (Å²) in [5.41, 5.74) is 7.97. The van der Waals surface area contributed by atoms with Crippen molar-refractivity contribution in [1.29, 1.82) is 0 Å². The molecule has 7 heteroatoms. The molecular weight excluding hydrogens is 332 g/mol. The van der Waals surface area contributed by atoms with E-state index in [1.807, 2.05) is 36.1 Å². The van der Waals surface area contributed by atoms with Gasteiger partial charge in [0, 0.05) is 39.1 Å². The molecule has 3 rings (SSSR count). The maximum Gasteiger partial charge on any atom is 0.241 e. The van der Waals surface area contributed by atoms with Crippen molar-refractivity contribution in [2.45, 2.75) is 25.4 Å². The molecule has 1 aromatic rings. The minimum absolute atomic E-state index is 0.0902. The number of hydrogen-bond donors (Lipinski definition) is 2. The molecule has 2 unspecified atom stereocenters. The van der Waals surface area contributed by atoms with Crippen molar-refractivity contribution < 1.29 is 14.3 Å². The Labute approximate surface area is 154 Å². The van der Waals surface area contributed by atoms with E-state index in [9.17, 15) is 9.59 Å². The lowest BCUT2D eigenvalue weighted by atomic mass is 10.0. The lowest BCUT2D eigenvalue weighted by Gasteiger charge is -2.28. The molecule has 0 aromatic heterocycles. The summed E-state index contributed by atoms with van der Waals surface area (Å²) in [6.07, 6.45) is 0.343. The Morgan fingerprint density at radius 1 is 1.27 bits per heavy atom. The Hall–Kier alpha value is -1.96. The van der Waals surface area contributed by atoms with Crippen LogP contribution in [-0.4, -0.2) is 73.6 Å². The number of ether oxygens (including phenoxy) is 1. The van der Waals surface area contributed by atoms with Gasteiger partial charge in [0.15, 0.2) is 0 Å². The number of carbonyl (C=O) groups is 2. The minimum atomic E-state index is -0.715. The summed E-state index contributed by atoms with van der Waals surface area (Å²) in [4.78, 5) is 28.8. The second-order valence-electron chi connectivity index (χ2n) is 7.09. The van der Waals surface area contributed by atoms with E-state index in [-0.39, 0.29) is 17.9 Å². The summed E-state index contributed by atoms with van der Waals surface area (Å²) in [5.74, 6) is -0.144. The van der Waals surface area contributed by atoms with E-state index >= 15 is 0 Å². The van der Waals surface area contributed by atoms with Crippen LogP contribution in [0.25, 0.3) is 0 Å². The molecule has 0 spiro atoms. The third kappa shape index (κ3) is 4.81. The zero-order valence-corrected chi connectivity index (χ0v) is 15.3. The summed E-state index contributed by atoms with van der Waals surface area (Å²) >= 11 is 0. The quantitative estimate of drug-likeness (QED) is 0.748. The largest absolute Gasteiger partial charge is 0.379 e. The van der Waals surface area contributed by atoms with Gasteiger partial charge in [-0.15, -0.1) is 0 Å². The first kappa shape index (κ1) is 18.8. The first-order valence-corrected chi connectivity index (χ1v) is 9.23. The monoisotopic (exact) mass is 360 g/mol. The fourth-order valence-corrected chi connectivity index (χ4v) is 3.39. The Bertz CT molecular complexity index is 628. The van der Waals surface area contributed by atoms with E-state index in [0.29, 0.717) is 19.5 Å². The molecule has 2 saturated heterocycles. The minimum Gasteiger partial charge on any atom is -0.379 e. The van der Waals surface area contributed by atoms with Gasteiger partial charge < -0.3 is 20.7 Å². The lowest BCUT2D eigenvalue weighted by Crippen LogP contribution is -2.44. The van der Waals surface area contributed by atoms with Crippen LogP contribution in [0.15, 0.2) is 24.3 Å². The number of nitrogens with two attached hydrogens (primary N) is 1. The highest BCUT2D eigenvalue weighted by molar-refractivity contribution is 5.85. The van der Waals surface area contributed by atoms with Gasteiger partial charge in [0.05, 0.1) is 19.3 Å². The van der Waals surface area contributed by atoms with Crippen molar-refractivity contribution in [3.8, 4) is 0 Å². The molecular formula is C19H28N4O3. The first-order valence-electron chi connectivity index (χ1n) is 9.23. The first-order chi connectivity index (χ1) is 12.5. The average Bonchev–Trinajstić information content (AvgIpc) is 3.00. The number of nitrogens with zero attached hydrogens (tertiary/aromatic N) is 2. The number of likely N-dealkylation sites (tertiary alicyclic amines) is 1. The third-order valence-electron chi connectivity index (χ3n) is 5.07. The Balaban J connectivity index is 1.47. The molecule has 0 aliphatic carbocycles. The van der Waals surface area contributed by atoms with Crippen molar-refractivity contribution in [2.24, 2.45) is 5.73 Å². The highest BCUT2D eigenvalue weighted by Gasteiger charge is 2.31. The van der Waals surface area contributed by atoms with Crippen molar-refractivity contribution in [2.75, 3.05) is 45.9 Å². The summed E-state index contributed by atoms with van der Waals surface area (Å²) < 4.78 is 5.34. The fraction of sp³-hybridized carbons (Fsp3) is 0.579. The van der Waals surface area contributed by atoms with Crippen molar-refractivity contribution in [3.63, 3.8) is 0 Å². The maximum atomic E-state index is 12.4. The van der Waals surface area contributed by atoms with E-state index in [0.717, 1.165) is 44.0 Å². The summed E-state index contributed by atoms with van der Waals surface area (Å²) in [6.45, 7) is 7.41. The number of aryl methyl sites for hydroxylation is 1. The van der Waals surface area contributed by atoms with Crippen LogP contribution < -0.4 is 11.1 Å². The van der Waals surface area contributed by atoms with E-state index in [1.54, 1.807) is 0 Å². The maximum absolute atomic E-state index is 12.4. The second kappa shape index (κ2) is 8.62. The van der Waals surface area contributed by atoms with E-state index in [2.05, 4.69) is 10.2 Å². The van der Waals surface area contributed by atoms with Crippen molar-refractivity contribution in [1.82, 2.24) is 15.1 Å². The van der Waals surface area contributed by atoms with Gasteiger partial charge in [-0.2, -0.15) is 0 Å². The SMILES string of the molecule is Cc1ccc(C(N)C(=O)NC2CC(=O)N(CCN3CCOCC3)C2)cc1. The van der Waals surface area contributed by atoms with Crippen LogP contribution in [0.4, 0.5) is 0 Å². The van der Waals surface area contributed by atoms with Crippen molar-refractivity contribution in [3.05, 3.63) is 35.4 Å². The molecule has 2 amide bonds. The molecule has 2 aliphatic rings. The summed E-state index contributed by atoms with van der Waals surface area (Å²) in [6, 6.07) is 6.73. The average molecular weight is 360 g/mol. The van der Waals surface area contributed by atoms with Crippen LogP contribution in [-0.2, 0) is 14.3 Å². The van der Waals surface area contributed by atoms with Crippen LogP contribution in [0.2, 0.25) is 0 Å². The van der Waals surface area contributed by atoms with Gasteiger partial charge in [-0.05, 0) is 12.5 Å². The molecule has 1 aromatic carbocycles. The second-order valence-corrected chi connectivity index (χ2v) is 7.09. The molecule has 2 fully saturated rings. The molecule has 142 valence electrons. The third-order valence-corrected chi connectivity index (χ3v) is 5.07. The number of hydrogen-bond acceptors (Lipinski definition) is 5. The van der Waals surface area contributed by atoms with Gasteiger partial charge in [0.2, 0.25) is 11.8 Å². The van der Waals surface area contributed by atoms with Crippen LogP contribution in [0.5, 0.6) is 0 Å². The number of amides is 2. The summed E-state index contributed by atoms with van der Waals surface area (Å²) in [5, 5.41) is 2.93. The Kier molecular flexibility index (Phi) is 6.24. The molecule has 2 atom stereocenters. The zero-order chi connectivity index (χ0) is 18.5. The van der Waals surface area contributed by atoms with Crippen LogP contribution in [0.1, 0.15) is 23.6 Å². The van der Waals surface area contributed by atoms with Gasteiger partial charge in [0.25, 0.3) is 0 Å². The lowest BCUT2D eigenvalue weighted by molar-refractivity contribution is -0.128. The molecule has 2 aliphatic heterocycles. The molecule has 3 N–H and O–H groups in total. The van der Waals surface area contributed by atoms with Crippen molar-refractivity contribution >= 4 is 11.8 Å². The van der Waals surface area contributed by atoms with E-state index in [4.69, 9.17) is 10.5 Å². The van der Waals surface area contributed by atoms with E-state index < -0.39 is 6.04 Å². The summed E-state index contributed by atoms with van der Waals surface area (Å²) in [7, 11) is 0. The van der Waals surface area contributed by atoms with Gasteiger partial charge in [-0.25, -0.2) is 0 Å². The van der Waals surface area contributed by atoms with Gasteiger partial charge >= 0.3 is 0 Å². The highest BCUT2D eigenvalue weighted by atomic mass is 16.5. The van der Waals surface area contributed by atoms with Crippen LogP contribution in [0, 0.1) is 6.92 Å². The number of rotatable bonds is 6. The molecule has 26 heavy (non-hydrogen) atoms. The van der Waals surface area contributed by atoms with E-state index in [1.165, 1.54) is 0 Å². The Morgan fingerprint density at radius 2 is 1.96 bits per heavy atom. The number of nitrogens with one attached hydrogen (secondary N) is 1. The molecule has 0 radical (unpaired) electrons. The molecule has 0 bridgehead atoms. The zero-order valence-electron chi connectivity index (χ0n) is 15.3. The number of morpholine rings is 1. The predicted molar refractivity (Wildman–Crippen MR) is 98.5 cm³/mol. The smallest absolute Gasteiger partial charge is 0.241 e. The number of carbonyl (C=O) groups excluding carboxylic acids is 2.